The fourth-order valence-corrected chi connectivity index (χ4v) is 2.29. The third kappa shape index (κ3) is 4.68. The summed E-state index contributed by atoms with van der Waals surface area (Å²) in [6.07, 6.45) is 3.07. The second-order valence-electron chi connectivity index (χ2n) is 4.92. The molecular weight excluding hydrogens is 264 g/mol. The van der Waals surface area contributed by atoms with Crippen LogP contribution in [0.5, 0.6) is 0 Å². The zero-order valence-corrected chi connectivity index (χ0v) is 11.5. The largest absolute Gasteiger partial charge is 0.481 e. The van der Waals surface area contributed by atoms with Gasteiger partial charge in [0.25, 0.3) is 0 Å². The molecule has 0 amide bonds. The van der Waals surface area contributed by atoms with Crippen LogP contribution in [0, 0.1) is 11.8 Å². The molecule has 6 heteroatoms. The molecule has 1 aliphatic carbocycles. The summed E-state index contributed by atoms with van der Waals surface area (Å²) in [6.45, 7) is 4.78. The van der Waals surface area contributed by atoms with Crippen molar-refractivity contribution in [3.8, 4) is 0 Å². The van der Waals surface area contributed by atoms with Crippen molar-refractivity contribution in [2.75, 3.05) is 6.61 Å². The van der Waals surface area contributed by atoms with Crippen molar-refractivity contribution < 1.29 is 29.0 Å². The molecule has 1 aliphatic rings. The summed E-state index contributed by atoms with van der Waals surface area (Å²) in [5.74, 6) is -3.37. The van der Waals surface area contributed by atoms with Gasteiger partial charge in [-0.15, -0.1) is 0 Å². The predicted molar refractivity (Wildman–Crippen MR) is 69.8 cm³/mol. The SMILES string of the molecule is C=CC(=O)OCC(C)OC(=O)C1CCCCC1C(=O)O. The van der Waals surface area contributed by atoms with E-state index >= 15 is 0 Å². The Morgan fingerprint density at radius 2 is 1.90 bits per heavy atom. The normalized spacial score (nSPS) is 23.4. The van der Waals surface area contributed by atoms with Gasteiger partial charge < -0.3 is 14.6 Å². The van der Waals surface area contributed by atoms with Gasteiger partial charge >= 0.3 is 17.9 Å². The van der Waals surface area contributed by atoms with Crippen molar-refractivity contribution in [3.05, 3.63) is 12.7 Å². The number of carboxylic acids is 1. The van der Waals surface area contributed by atoms with Gasteiger partial charge in [-0.2, -0.15) is 0 Å². The van der Waals surface area contributed by atoms with Crippen molar-refractivity contribution >= 4 is 17.9 Å². The Bertz CT molecular complexity index is 389. The lowest BCUT2D eigenvalue weighted by atomic mass is 9.79. The number of carboxylic acid groups (broad SMARTS) is 1. The second-order valence-corrected chi connectivity index (χ2v) is 4.92. The van der Waals surface area contributed by atoms with Gasteiger partial charge in [-0.05, 0) is 19.8 Å². The van der Waals surface area contributed by atoms with E-state index in [0.29, 0.717) is 12.8 Å². The Morgan fingerprint density at radius 3 is 2.45 bits per heavy atom. The summed E-state index contributed by atoms with van der Waals surface area (Å²) in [4.78, 5) is 34.0. The maximum absolute atomic E-state index is 12.0. The molecular formula is C14H20O6. The number of ether oxygens (including phenoxy) is 2. The Balaban J connectivity index is 2.49. The molecule has 0 aromatic heterocycles. The number of aliphatic carboxylic acids is 1. The third-order valence-corrected chi connectivity index (χ3v) is 3.33. The quantitative estimate of drug-likeness (QED) is 0.587. The van der Waals surface area contributed by atoms with Crippen LogP contribution in [0.25, 0.3) is 0 Å². The van der Waals surface area contributed by atoms with Gasteiger partial charge in [0.15, 0.2) is 0 Å². The van der Waals surface area contributed by atoms with Gasteiger partial charge in [-0.25, -0.2) is 4.79 Å². The molecule has 0 aromatic rings. The van der Waals surface area contributed by atoms with Crippen molar-refractivity contribution in [2.24, 2.45) is 11.8 Å². The molecule has 0 spiro atoms. The van der Waals surface area contributed by atoms with Crippen LogP contribution in [0.4, 0.5) is 0 Å². The van der Waals surface area contributed by atoms with E-state index in [1.165, 1.54) is 0 Å². The van der Waals surface area contributed by atoms with E-state index in [1.807, 2.05) is 0 Å². The fraction of sp³-hybridized carbons (Fsp3) is 0.643. The van der Waals surface area contributed by atoms with Crippen molar-refractivity contribution in [3.63, 3.8) is 0 Å². The summed E-state index contributed by atoms with van der Waals surface area (Å²) in [7, 11) is 0. The number of carbonyl (C=O) groups is 3. The van der Waals surface area contributed by atoms with Crippen molar-refractivity contribution in [1.29, 1.82) is 0 Å². The molecule has 0 heterocycles. The van der Waals surface area contributed by atoms with Gasteiger partial charge in [0, 0.05) is 6.08 Å². The van der Waals surface area contributed by atoms with Crippen LogP contribution in [0.3, 0.4) is 0 Å². The highest BCUT2D eigenvalue weighted by Crippen LogP contribution is 2.31. The van der Waals surface area contributed by atoms with Crippen LogP contribution < -0.4 is 0 Å². The van der Waals surface area contributed by atoms with Crippen LogP contribution in [-0.2, 0) is 23.9 Å². The van der Waals surface area contributed by atoms with Gasteiger partial charge in [0.1, 0.15) is 12.7 Å². The highest BCUT2D eigenvalue weighted by atomic mass is 16.6. The van der Waals surface area contributed by atoms with Crippen LogP contribution in [0.2, 0.25) is 0 Å². The van der Waals surface area contributed by atoms with Gasteiger partial charge in [-0.3, -0.25) is 9.59 Å². The van der Waals surface area contributed by atoms with E-state index in [-0.39, 0.29) is 6.61 Å². The summed E-state index contributed by atoms with van der Waals surface area (Å²) in [5, 5.41) is 9.11. The van der Waals surface area contributed by atoms with Crippen molar-refractivity contribution in [2.45, 2.75) is 38.7 Å². The number of rotatable bonds is 6. The van der Waals surface area contributed by atoms with Gasteiger partial charge in [0.2, 0.25) is 0 Å². The van der Waals surface area contributed by atoms with E-state index in [2.05, 4.69) is 6.58 Å². The minimum absolute atomic E-state index is 0.0684. The summed E-state index contributed by atoms with van der Waals surface area (Å²) in [6, 6.07) is 0. The lowest BCUT2D eigenvalue weighted by Gasteiger charge is -2.27. The van der Waals surface area contributed by atoms with Crippen LogP contribution in [-0.4, -0.2) is 35.7 Å². The van der Waals surface area contributed by atoms with E-state index in [1.54, 1.807) is 6.92 Å². The molecule has 0 bridgehead atoms. The van der Waals surface area contributed by atoms with E-state index in [9.17, 15) is 14.4 Å². The molecule has 6 nitrogen and oxygen atoms in total. The van der Waals surface area contributed by atoms with E-state index < -0.39 is 35.8 Å². The molecule has 112 valence electrons. The minimum atomic E-state index is -0.961. The maximum Gasteiger partial charge on any atom is 0.330 e. The van der Waals surface area contributed by atoms with E-state index in [0.717, 1.165) is 18.9 Å². The zero-order chi connectivity index (χ0) is 15.1. The first kappa shape index (κ1) is 16.2. The first-order valence-corrected chi connectivity index (χ1v) is 6.68. The summed E-state index contributed by atoms with van der Waals surface area (Å²) >= 11 is 0. The molecule has 1 N–H and O–H groups in total. The zero-order valence-electron chi connectivity index (χ0n) is 11.5. The third-order valence-electron chi connectivity index (χ3n) is 3.33. The predicted octanol–water partition coefficient (Wildman–Crippen LogP) is 1.54. The average molecular weight is 284 g/mol. The molecule has 20 heavy (non-hydrogen) atoms. The maximum atomic E-state index is 12.0. The second kappa shape index (κ2) is 7.67. The lowest BCUT2D eigenvalue weighted by Crippen LogP contribution is -2.36. The molecule has 1 fully saturated rings. The Labute approximate surface area is 117 Å². The smallest absolute Gasteiger partial charge is 0.330 e. The Hall–Kier alpha value is -1.85. The average Bonchev–Trinajstić information content (AvgIpc) is 2.44. The first-order chi connectivity index (χ1) is 9.45. The van der Waals surface area contributed by atoms with Gasteiger partial charge in [-0.1, -0.05) is 19.4 Å². The minimum Gasteiger partial charge on any atom is -0.481 e. The summed E-state index contributed by atoms with van der Waals surface area (Å²) < 4.78 is 9.92. The first-order valence-electron chi connectivity index (χ1n) is 6.68. The highest BCUT2D eigenvalue weighted by Gasteiger charge is 2.37. The number of hydrogen-bond donors (Lipinski definition) is 1. The molecule has 0 saturated heterocycles. The Morgan fingerprint density at radius 1 is 1.30 bits per heavy atom. The van der Waals surface area contributed by atoms with Crippen molar-refractivity contribution in [1.82, 2.24) is 0 Å². The molecule has 3 atom stereocenters. The molecule has 0 aliphatic heterocycles. The number of carbonyl (C=O) groups excluding carboxylic acids is 2. The lowest BCUT2D eigenvalue weighted by molar-refractivity contribution is -0.166. The fourth-order valence-electron chi connectivity index (χ4n) is 2.29. The van der Waals surface area contributed by atoms with E-state index in [4.69, 9.17) is 14.6 Å². The molecule has 0 radical (unpaired) electrons. The monoisotopic (exact) mass is 284 g/mol. The molecule has 1 saturated carbocycles. The van der Waals surface area contributed by atoms with Crippen LogP contribution in [0.1, 0.15) is 32.6 Å². The molecule has 1 rings (SSSR count). The number of hydrogen-bond acceptors (Lipinski definition) is 5. The Kier molecular flexibility index (Phi) is 6.21. The standard InChI is InChI=1S/C14H20O6/c1-3-12(15)19-8-9(2)20-14(18)11-7-5-4-6-10(11)13(16)17/h3,9-11H,1,4-8H2,2H3,(H,16,17). The molecule has 0 aromatic carbocycles. The highest BCUT2D eigenvalue weighted by molar-refractivity contribution is 5.82. The van der Waals surface area contributed by atoms with Crippen LogP contribution in [0.15, 0.2) is 12.7 Å². The summed E-state index contributed by atoms with van der Waals surface area (Å²) in [5.41, 5.74) is 0. The van der Waals surface area contributed by atoms with Crippen LogP contribution >= 0.6 is 0 Å². The molecule has 3 unspecified atom stereocenters. The van der Waals surface area contributed by atoms with Gasteiger partial charge in [0.05, 0.1) is 11.8 Å². The number of esters is 2. The topological polar surface area (TPSA) is 89.9 Å².